The summed E-state index contributed by atoms with van der Waals surface area (Å²) in [4.78, 5) is 0. The predicted molar refractivity (Wildman–Crippen MR) is 24.1 cm³/mol. The summed E-state index contributed by atoms with van der Waals surface area (Å²) < 4.78 is 0. The molecule has 0 aromatic heterocycles. The van der Waals surface area contributed by atoms with Crippen molar-refractivity contribution in [2.75, 3.05) is 0 Å². The van der Waals surface area contributed by atoms with Gasteiger partial charge in [0.2, 0.25) is 0 Å². The summed E-state index contributed by atoms with van der Waals surface area (Å²) in [6, 6.07) is 0. The molecular formula is CH9N6+. The van der Waals surface area contributed by atoms with Crippen LogP contribution in [0, 0.1) is 5.41 Å². The van der Waals surface area contributed by atoms with E-state index in [0.717, 1.165) is 10.7 Å². The van der Waals surface area contributed by atoms with Crippen LogP contribution in [-0.2, 0) is 0 Å². The van der Waals surface area contributed by atoms with Crippen LogP contribution in [-0.4, -0.2) is 11.1 Å². The van der Waals surface area contributed by atoms with Crippen molar-refractivity contribution in [2.24, 2.45) is 17.4 Å². The average molecular weight is 105 g/mol. The van der Waals surface area contributed by atoms with E-state index >= 15 is 0 Å². The van der Waals surface area contributed by atoms with Crippen molar-refractivity contribution >= 4 is 5.96 Å². The Balaban J connectivity index is 3.34. The van der Waals surface area contributed by atoms with Crippen molar-refractivity contribution in [1.82, 2.24) is 5.12 Å². The topological polar surface area (TPSA) is 122 Å². The second-order valence-electron chi connectivity index (χ2n) is 0.942. The highest BCUT2D eigenvalue weighted by Crippen LogP contribution is 1.46. The first-order valence-corrected chi connectivity index (χ1v) is 1.61. The molecule has 0 saturated heterocycles. The normalized spacial score (nSPS) is 8.29. The smallest absolute Gasteiger partial charge is 0.256 e. The van der Waals surface area contributed by atoms with Gasteiger partial charge in [0, 0.05) is 0 Å². The number of guanidine groups is 1. The van der Waals surface area contributed by atoms with E-state index in [4.69, 9.17) is 22.8 Å². The van der Waals surface area contributed by atoms with Crippen molar-refractivity contribution in [2.45, 2.75) is 0 Å². The maximum atomic E-state index is 6.57. The highest BCUT2D eigenvalue weighted by Gasteiger charge is 1.95. The fourth-order valence-corrected chi connectivity index (χ4v) is 0.0803. The van der Waals surface area contributed by atoms with Crippen LogP contribution >= 0.6 is 0 Å². The molecule has 9 N–H and O–H groups in total. The lowest BCUT2D eigenvalue weighted by Crippen LogP contribution is -3.03. The van der Waals surface area contributed by atoms with Crippen molar-refractivity contribution in [1.29, 1.82) is 5.41 Å². The minimum absolute atomic E-state index is 0.275. The SMILES string of the molecule is N=C(N)N(N)[NH2+]N. The van der Waals surface area contributed by atoms with Crippen molar-refractivity contribution in [3.8, 4) is 0 Å². The van der Waals surface area contributed by atoms with E-state index in [1.165, 1.54) is 0 Å². The molecule has 0 amide bonds. The number of hydrazine groups is 1. The molecule has 0 spiro atoms. The summed E-state index contributed by atoms with van der Waals surface area (Å²) in [7, 11) is 0. The summed E-state index contributed by atoms with van der Waals surface area (Å²) >= 11 is 0. The van der Waals surface area contributed by atoms with E-state index < -0.39 is 0 Å². The molecule has 7 heavy (non-hydrogen) atoms. The van der Waals surface area contributed by atoms with Crippen LogP contribution in [0.3, 0.4) is 0 Å². The van der Waals surface area contributed by atoms with Gasteiger partial charge in [-0.15, -0.1) is 5.12 Å². The second-order valence-corrected chi connectivity index (χ2v) is 0.942. The Hall–Kier alpha value is -0.850. The van der Waals surface area contributed by atoms with E-state index in [2.05, 4.69) is 0 Å². The molecule has 0 atom stereocenters. The van der Waals surface area contributed by atoms with Crippen molar-refractivity contribution in [3.05, 3.63) is 0 Å². The van der Waals surface area contributed by atoms with Gasteiger partial charge in [-0.3, -0.25) is 5.41 Å². The molecule has 0 rings (SSSR count). The van der Waals surface area contributed by atoms with Crippen LogP contribution in [0.5, 0.6) is 0 Å². The first kappa shape index (κ1) is 6.15. The van der Waals surface area contributed by atoms with Crippen molar-refractivity contribution in [3.63, 3.8) is 0 Å². The molecule has 42 valence electrons. The van der Waals surface area contributed by atoms with Gasteiger partial charge in [0.05, 0.1) is 0 Å². The largest absolute Gasteiger partial charge is 0.365 e. The number of hydrogen-bond acceptors (Lipinski definition) is 3. The summed E-state index contributed by atoms with van der Waals surface area (Å²) in [6.07, 6.45) is 0. The Kier molecular flexibility index (Phi) is 2.06. The third-order valence-electron chi connectivity index (χ3n) is 0.439. The predicted octanol–water partition coefficient (Wildman–Crippen LogP) is -3.59. The Bertz CT molecular complexity index is 66.6. The van der Waals surface area contributed by atoms with E-state index in [-0.39, 0.29) is 5.96 Å². The van der Waals surface area contributed by atoms with Crippen LogP contribution in [0.2, 0.25) is 0 Å². The molecule has 0 aliphatic rings. The Labute approximate surface area is 40.7 Å². The number of nitrogens with two attached hydrogens (primary N) is 4. The van der Waals surface area contributed by atoms with Gasteiger partial charge < -0.3 is 5.73 Å². The number of hydrogen-bond donors (Lipinski definition) is 5. The zero-order valence-electron chi connectivity index (χ0n) is 3.76. The lowest BCUT2D eigenvalue weighted by molar-refractivity contribution is -0.798. The van der Waals surface area contributed by atoms with Gasteiger partial charge in [0.15, 0.2) is 0 Å². The molecule has 0 fully saturated rings. The standard InChI is InChI=1S/CH8N6/c2-1(3)7(5)6-4/h6H,4-5H2,(H3,2,3)/p+1. The van der Waals surface area contributed by atoms with Crippen molar-refractivity contribution < 1.29 is 5.53 Å². The Morgan fingerprint density at radius 3 is 2.14 bits per heavy atom. The maximum Gasteiger partial charge on any atom is 0.256 e. The number of nitrogens with one attached hydrogen (secondary N) is 1. The minimum atomic E-state index is -0.275. The van der Waals surface area contributed by atoms with E-state index in [1.807, 2.05) is 0 Å². The lowest BCUT2D eigenvalue weighted by atomic mass is 11.1. The average Bonchev–Trinajstić information content (AvgIpc) is 1.65. The molecular weight excluding hydrogens is 96.1 g/mol. The highest BCUT2D eigenvalue weighted by molar-refractivity contribution is 5.72. The van der Waals surface area contributed by atoms with Gasteiger partial charge in [-0.2, -0.15) is 17.2 Å². The molecule has 6 nitrogen and oxygen atoms in total. The van der Waals surface area contributed by atoms with Crippen LogP contribution in [0.25, 0.3) is 0 Å². The number of rotatable bonds is 1. The van der Waals surface area contributed by atoms with Crippen LogP contribution in [0.15, 0.2) is 0 Å². The molecule has 0 unspecified atom stereocenters. The molecule has 0 aromatic rings. The fourth-order valence-electron chi connectivity index (χ4n) is 0.0803. The van der Waals surface area contributed by atoms with E-state index in [9.17, 15) is 0 Å². The number of quaternary nitrogens is 1. The fraction of sp³-hybridized carbons (Fsp3) is 0. The summed E-state index contributed by atoms with van der Waals surface area (Å²) in [5.74, 6) is 9.47. The van der Waals surface area contributed by atoms with Gasteiger partial charge in [0.25, 0.3) is 5.96 Å². The number of nitrogens with zero attached hydrogens (tertiary/aromatic N) is 1. The molecule has 0 bridgehead atoms. The second kappa shape index (κ2) is 2.35. The molecule has 0 aromatic carbocycles. The molecule has 0 radical (unpaired) electrons. The highest BCUT2D eigenvalue weighted by atomic mass is 15.8. The first-order valence-electron chi connectivity index (χ1n) is 1.61. The zero-order valence-corrected chi connectivity index (χ0v) is 3.76. The van der Waals surface area contributed by atoms with Gasteiger partial charge in [-0.1, -0.05) is 0 Å². The molecule has 0 heterocycles. The van der Waals surface area contributed by atoms with Crippen LogP contribution in [0.4, 0.5) is 0 Å². The van der Waals surface area contributed by atoms with E-state index in [0.29, 0.717) is 0 Å². The Morgan fingerprint density at radius 1 is 1.71 bits per heavy atom. The Morgan fingerprint density at radius 2 is 2.14 bits per heavy atom. The van der Waals surface area contributed by atoms with Gasteiger partial charge in [0.1, 0.15) is 0 Å². The maximum absolute atomic E-state index is 6.57. The van der Waals surface area contributed by atoms with Gasteiger partial charge in [-0.25, -0.2) is 0 Å². The third-order valence-corrected chi connectivity index (χ3v) is 0.439. The molecule has 6 heteroatoms. The quantitative estimate of drug-likeness (QED) is 0.102. The summed E-state index contributed by atoms with van der Waals surface area (Å²) in [6.45, 7) is 0. The minimum Gasteiger partial charge on any atom is -0.365 e. The molecule has 0 aliphatic heterocycles. The van der Waals surface area contributed by atoms with E-state index in [1.54, 1.807) is 0 Å². The lowest BCUT2D eigenvalue weighted by Gasteiger charge is -2.06. The van der Waals surface area contributed by atoms with Crippen LogP contribution < -0.4 is 23.0 Å². The monoisotopic (exact) mass is 105 g/mol. The third kappa shape index (κ3) is 1.93. The molecule has 0 aliphatic carbocycles. The zero-order chi connectivity index (χ0) is 5.86. The molecule has 0 saturated carbocycles. The van der Waals surface area contributed by atoms with Gasteiger partial charge in [-0.05, 0) is 0 Å². The summed E-state index contributed by atoms with van der Waals surface area (Å²) in [5, 5.41) is 7.37. The summed E-state index contributed by atoms with van der Waals surface area (Å²) in [5.41, 5.74) is 5.82. The van der Waals surface area contributed by atoms with Gasteiger partial charge >= 0.3 is 0 Å². The first-order chi connectivity index (χ1) is 3.18. The van der Waals surface area contributed by atoms with Crippen LogP contribution in [0.1, 0.15) is 0 Å².